The Kier molecular flexibility index (Phi) is 12.2. The summed E-state index contributed by atoms with van der Waals surface area (Å²) in [4.78, 5) is 0. The first kappa shape index (κ1) is 40.0. The molecule has 0 spiro atoms. The Hall–Kier alpha value is -2.24. The third kappa shape index (κ3) is 9.29. The van der Waals surface area contributed by atoms with Gasteiger partial charge in [-0.15, -0.1) is 0 Å². The Morgan fingerprint density at radius 3 is 2.08 bits per heavy atom. The second-order valence-electron chi connectivity index (χ2n) is 14.8. The molecule has 0 fully saturated rings. The topological polar surface area (TPSA) is 112 Å². The average molecular weight is 796 g/mol. The van der Waals surface area contributed by atoms with E-state index in [0.29, 0.717) is 42.3 Å². The quantitative estimate of drug-likeness (QED) is 0.119. The van der Waals surface area contributed by atoms with Crippen molar-refractivity contribution < 1.29 is 30.5 Å². The van der Waals surface area contributed by atoms with Crippen molar-refractivity contribution in [2.75, 3.05) is 18.1 Å². The summed E-state index contributed by atoms with van der Waals surface area (Å²) >= 11 is 20.0. The van der Waals surface area contributed by atoms with Crippen molar-refractivity contribution in [2.45, 2.75) is 95.8 Å². The first-order valence-electron chi connectivity index (χ1n) is 17.4. The molecule has 2 aromatic rings. The summed E-state index contributed by atoms with van der Waals surface area (Å²) in [5.74, 6) is -0.448. The molecule has 2 aliphatic carbocycles. The summed E-state index contributed by atoms with van der Waals surface area (Å²) in [7, 11) is -8.03. The molecule has 0 aromatic heterocycles. The van der Waals surface area contributed by atoms with E-state index in [1.165, 1.54) is 11.1 Å². The van der Waals surface area contributed by atoms with Gasteiger partial charge in [0.15, 0.2) is 5.71 Å². The van der Waals surface area contributed by atoms with Crippen LogP contribution in [0.2, 0.25) is 10.0 Å². The molecule has 0 saturated carbocycles. The minimum atomic E-state index is -4.03. The lowest BCUT2D eigenvalue weighted by Gasteiger charge is -2.25. The van der Waals surface area contributed by atoms with Gasteiger partial charge < -0.3 is 0 Å². The molecule has 1 atom stereocenters. The lowest BCUT2D eigenvalue weighted by Crippen LogP contribution is -2.28. The number of allylic oxidation sites excluding steroid dienone is 8. The molecule has 0 saturated heterocycles. The molecule has 2 aromatic carbocycles. The molecule has 5 rings (SSSR count). The van der Waals surface area contributed by atoms with Gasteiger partial charge >= 0.3 is 0 Å². The van der Waals surface area contributed by atoms with Crippen LogP contribution in [0.1, 0.15) is 102 Å². The lowest BCUT2D eigenvalue weighted by molar-refractivity contribution is -0.438. The van der Waals surface area contributed by atoms with Crippen LogP contribution < -0.4 is 0 Å². The van der Waals surface area contributed by atoms with Gasteiger partial charge in [-0.3, -0.25) is 9.11 Å². The van der Waals surface area contributed by atoms with Crippen molar-refractivity contribution in [3.63, 3.8) is 0 Å². The standard InChI is InChI=1S/C39H46Cl3NO6S2/c1-38(2)32(30(12-5-7-22-50(44,45)46)31-17-15-28(40)24-33(31)38)18-13-26-10-9-11-27(37(26)42)14-20-36-39(3,4)34-25-29(41)16-19-35(34)43(36)21-6-8-23-51(47,48)49/h13-20,24-25,30H,5-12,21-23H2,1-4H3,(H-,44,45,46,47,48,49)/p+1/b20-14+,26-13+,32-18+. The van der Waals surface area contributed by atoms with Crippen LogP contribution in [0.25, 0.3) is 0 Å². The lowest BCUT2D eigenvalue weighted by atomic mass is 9.79. The predicted octanol–water partition coefficient (Wildman–Crippen LogP) is 10.3. The first-order valence-corrected chi connectivity index (χ1v) is 21.8. The van der Waals surface area contributed by atoms with Crippen molar-refractivity contribution >= 4 is 66.4 Å². The molecule has 51 heavy (non-hydrogen) atoms. The molecule has 1 heterocycles. The third-order valence-corrected chi connectivity index (χ3v) is 13.1. The number of halogens is 3. The number of fused-ring (bicyclic) bond motifs is 2. The molecule has 12 heteroatoms. The molecular formula is C39H47Cl3NO6S2+. The average Bonchev–Trinajstić information content (AvgIpc) is 3.36. The zero-order chi connectivity index (χ0) is 37.4. The van der Waals surface area contributed by atoms with Crippen LogP contribution in [0.5, 0.6) is 0 Å². The molecule has 0 amide bonds. The van der Waals surface area contributed by atoms with Crippen LogP contribution in [-0.2, 0) is 31.1 Å². The maximum atomic E-state index is 11.3. The van der Waals surface area contributed by atoms with E-state index in [0.717, 1.165) is 64.4 Å². The fraction of sp³-hybridized carbons (Fsp3) is 0.462. The van der Waals surface area contributed by atoms with Crippen LogP contribution in [0.4, 0.5) is 5.69 Å². The molecular weight excluding hydrogens is 749 g/mol. The number of rotatable bonds is 13. The van der Waals surface area contributed by atoms with E-state index >= 15 is 0 Å². The minimum absolute atomic E-state index is 0.0795. The highest BCUT2D eigenvalue weighted by molar-refractivity contribution is 7.86. The summed E-state index contributed by atoms with van der Waals surface area (Å²) in [6, 6.07) is 11.9. The van der Waals surface area contributed by atoms with Gasteiger partial charge in [-0.05, 0) is 98.9 Å². The summed E-state index contributed by atoms with van der Waals surface area (Å²) in [5.41, 5.74) is 8.18. The first-order chi connectivity index (χ1) is 23.8. The van der Waals surface area contributed by atoms with E-state index in [9.17, 15) is 25.9 Å². The summed E-state index contributed by atoms with van der Waals surface area (Å²) in [5, 5.41) is 2.05. The van der Waals surface area contributed by atoms with Crippen molar-refractivity contribution in [1.82, 2.24) is 0 Å². The minimum Gasteiger partial charge on any atom is -0.286 e. The van der Waals surface area contributed by atoms with E-state index in [-0.39, 0.29) is 28.3 Å². The maximum Gasteiger partial charge on any atom is 0.264 e. The number of nitrogens with zero attached hydrogens (tertiary/aromatic N) is 1. The van der Waals surface area contributed by atoms with Gasteiger partial charge in [-0.2, -0.15) is 21.4 Å². The van der Waals surface area contributed by atoms with E-state index in [1.807, 2.05) is 30.3 Å². The van der Waals surface area contributed by atoms with Crippen LogP contribution in [-0.4, -0.2) is 54.3 Å². The smallest absolute Gasteiger partial charge is 0.264 e. The van der Waals surface area contributed by atoms with Crippen molar-refractivity contribution in [1.29, 1.82) is 0 Å². The molecule has 1 aliphatic heterocycles. The van der Waals surface area contributed by atoms with Gasteiger partial charge in [-0.1, -0.05) is 84.9 Å². The molecule has 0 bridgehead atoms. The molecule has 7 nitrogen and oxygen atoms in total. The highest BCUT2D eigenvalue weighted by Gasteiger charge is 2.44. The van der Waals surface area contributed by atoms with Gasteiger partial charge in [0.05, 0.1) is 16.9 Å². The van der Waals surface area contributed by atoms with Gasteiger partial charge in [0.25, 0.3) is 20.2 Å². The number of hydrogen-bond donors (Lipinski definition) is 2. The van der Waals surface area contributed by atoms with Gasteiger partial charge in [0.1, 0.15) is 6.54 Å². The maximum absolute atomic E-state index is 11.3. The highest BCUT2D eigenvalue weighted by atomic mass is 35.5. The fourth-order valence-corrected chi connectivity index (χ4v) is 9.72. The van der Waals surface area contributed by atoms with Crippen molar-refractivity contribution in [3.05, 3.63) is 109 Å². The normalized spacial score (nSPS) is 21.7. The Morgan fingerprint density at radius 1 is 0.784 bits per heavy atom. The molecule has 2 N–H and O–H groups in total. The molecule has 0 radical (unpaired) electrons. The number of unbranched alkanes of at least 4 members (excludes halogenated alkanes) is 2. The number of benzene rings is 2. The SMILES string of the molecule is CC1(C)C(/C=C/C2=C(Cl)C(=C/C=C3\C(CCCCS(=O)(=O)O)c4ccc(Cl)cc4C3(C)C)/CCC2)=[N+](CCCCS(=O)(=O)O)c2ccc(Cl)cc21. The van der Waals surface area contributed by atoms with E-state index in [2.05, 4.69) is 62.6 Å². The van der Waals surface area contributed by atoms with Crippen molar-refractivity contribution in [3.8, 4) is 0 Å². The second-order valence-corrected chi connectivity index (χ2v) is 19.2. The zero-order valence-electron chi connectivity index (χ0n) is 29.6. The third-order valence-electron chi connectivity index (χ3n) is 10.6. The Labute approximate surface area is 318 Å². The highest BCUT2D eigenvalue weighted by Crippen LogP contribution is 2.53. The Balaban J connectivity index is 1.46. The predicted molar refractivity (Wildman–Crippen MR) is 209 cm³/mol. The van der Waals surface area contributed by atoms with Crippen LogP contribution >= 0.6 is 34.8 Å². The van der Waals surface area contributed by atoms with Crippen LogP contribution in [0.15, 0.2) is 82.5 Å². The monoisotopic (exact) mass is 794 g/mol. The van der Waals surface area contributed by atoms with E-state index < -0.39 is 20.2 Å². The fourth-order valence-electron chi connectivity index (χ4n) is 7.92. The Morgan fingerprint density at radius 2 is 1.41 bits per heavy atom. The second kappa shape index (κ2) is 15.6. The Bertz CT molecular complexity index is 2080. The summed E-state index contributed by atoms with van der Waals surface area (Å²) < 4.78 is 66.1. The van der Waals surface area contributed by atoms with Crippen molar-refractivity contribution in [2.24, 2.45) is 0 Å². The van der Waals surface area contributed by atoms with Crippen LogP contribution in [0.3, 0.4) is 0 Å². The van der Waals surface area contributed by atoms with Crippen LogP contribution in [0, 0.1) is 0 Å². The van der Waals surface area contributed by atoms with Gasteiger partial charge in [-0.25, -0.2) is 0 Å². The summed E-state index contributed by atoms with van der Waals surface area (Å²) in [6.45, 7) is 9.28. The molecule has 276 valence electrons. The number of hydrogen-bond acceptors (Lipinski definition) is 4. The largest absolute Gasteiger partial charge is 0.286 e. The zero-order valence-corrected chi connectivity index (χ0v) is 33.5. The molecule has 3 aliphatic rings. The molecule has 1 unspecified atom stereocenters. The van der Waals surface area contributed by atoms with Gasteiger partial charge in [0.2, 0.25) is 5.69 Å². The summed E-state index contributed by atoms with van der Waals surface area (Å²) in [6.07, 6.45) is 13.9. The van der Waals surface area contributed by atoms with E-state index in [4.69, 9.17) is 34.8 Å². The van der Waals surface area contributed by atoms with Gasteiger partial charge in [0, 0.05) is 50.5 Å². The van der Waals surface area contributed by atoms with E-state index in [1.54, 1.807) is 0 Å².